The van der Waals surface area contributed by atoms with Crippen LogP contribution in [-0.4, -0.2) is 5.78 Å². The van der Waals surface area contributed by atoms with Crippen molar-refractivity contribution in [3.63, 3.8) is 0 Å². The Hall–Kier alpha value is -0.890. The van der Waals surface area contributed by atoms with Crippen LogP contribution in [-0.2, 0) is 0 Å². The Morgan fingerprint density at radius 1 is 1.44 bits per heavy atom. The van der Waals surface area contributed by atoms with E-state index >= 15 is 0 Å². The molecule has 0 aliphatic heterocycles. The first-order valence-electron chi connectivity index (χ1n) is 5.49. The summed E-state index contributed by atoms with van der Waals surface area (Å²) in [4.78, 5) is 11.7. The molecule has 0 atom stereocenters. The molecule has 0 unspecified atom stereocenters. The van der Waals surface area contributed by atoms with Gasteiger partial charge in [0.25, 0.3) is 0 Å². The first-order valence-corrected chi connectivity index (χ1v) is 5.86. The predicted octanol–water partition coefficient (Wildman–Crippen LogP) is 4.49. The summed E-state index contributed by atoms with van der Waals surface area (Å²) in [5.41, 5.74) is 0.146. The summed E-state index contributed by atoms with van der Waals surface area (Å²) in [6.45, 7) is 4.21. The van der Waals surface area contributed by atoms with Gasteiger partial charge in [-0.1, -0.05) is 31.9 Å². The summed E-state index contributed by atoms with van der Waals surface area (Å²) < 4.78 is 13.4. The van der Waals surface area contributed by atoms with Gasteiger partial charge in [0, 0.05) is 11.4 Å². The normalized spacial score (nSPS) is 10.8. The monoisotopic (exact) mass is 242 g/mol. The number of ketones is 1. The van der Waals surface area contributed by atoms with Gasteiger partial charge in [-0.15, -0.1) is 0 Å². The van der Waals surface area contributed by atoms with E-state index in [2.05, 4.69) is 13.8 Å². The highest BCUT2D eigenvalue weighted by Crippen LogP contribution is 2.17. The van der Waals surface area contributed by atoms with E-state index in [1.54, 1.807) is 6.07 Å². The molecule has 0 aliphatic carbocycles. The number of hydrogen-bond acceptors (Lipinski definition) is 1. The Labute approximate surface area is 101 Å². The summed E-state index contributed by atoms with van der Waals surface area (Å²) in [6.07, 6.45) is 2.19. The third kappa shape index (κ3) is 3.93. The molecule has 1 aromatic rings. The molecule has 0 heterocycles. The molecule has 0 spiro atoms. The molecule has 0 aliphatic rings. The minimum Gasteiger partial charge on any atom is -0.294 e. The van der Waals surface area contributed by atoms with Gasteiger partial charge in [0.15, 0.2) is 5.78 Å². The lowest BCUT2D eigenvalue weighted by Crippen LogP contribution is -2.03. The summed E-state index contributed by atoms with van der Waals surface area (Å²) >= 11 is 5.62. The average molecular weight is 243 g/mol. The number of carbonyl (C=O) groups is 1. The van der Waals surface area contributed by atoms with Crippen molar-refractivity contribution >= 4 is 17.4 Å². The van der Waals surface area contributed by atoms with Crippen LogP contribution in [0.25, 0.3) is 0 Å². The molecular formula is C13H16ClFO. The van der Waals surface area contributed by atoms with E-state index in [4.69, 9.17) is 11.6 Å². The van der Waals surface area contributed by atoms with Crippen molar-refractivity contribution in [1.29, 1.82) is 0 Å². The van der Waals surface area contributed by atoms with E-state index in [0.717, 1.165) is 12.8 Å². The lowest BCUT2D eigenvalue weighted by molar-refractivity contribution is 0.0974. The Balaban J connectivity index is 2.59. The van der Waals surface area contributed by atoms with Crippen LogP contribution >= 0.6 is 11.6 Å². The second kappa shape index (κ2) is 6.00. The minimum absolute atomic E-state index is 0.144. The molecule has 0 fully saturated rings. The molecule has 1 aromatic carbocycles. The molecule has 3 heteroatoms. The maximum absolute atomic E-state index is 13.4. The van der Waals surface area contributed by atoms with Crippen molar-refractivity contribution in [2.75, 3.05) is 0 Å². The Kier molecular flexibility index (Phi) is 4.94. The molecule has 0 saturated heterocycles. The van der Waals surface area contributed by atoms with Gasteiger partial charge in [-0.05, 0) is 30.5 Å². The quantitative estimate of drug-likeness (QED) is 0.696. The van der Waals surface area contributed by atoms with E-state index in [-0.39, 0.29) is 11.3 Å². The Morgan fingerprint density at radius 3 is 2.69 bits per heavy atom. The molecular weight excluding hydrogens is 227 g/mol. The van der Waals surface area contributed by atoms with Crippen LogP contribution in [0.3, 0.4) is 0 Å². The number of rotatable bonds is 5. The molecule has 1 rings (SSSR count). The highest BCUT2D eigenvalue weighted by Gasteiger charge is 2.11. The second-order valence-electron chi connectivity index (χ2n) is 4.33. The molecule has 0 amide bonds. The zero-order valence-electron chi connectivity index (χ0n) is 9.59. The zero-order valence-corrected chi connectivity index (χ0v) is 10.4. The molecule has 0 aromatic heterocycles. The van der Waals surface area contributed by atoms with Crippen LogP contribution in [0.1, 0.15) is 43.5 Å². The van der Waals surface area contributed by atoms with E-state index in [0.29, 0.717) is 17.4 Å². The fourth-order valence-electron chi connectivity index (χ4n) is 1.52. The fourth-order valence-corrected chi connectivity index (χ4v) is 1.68. The van der Waals surface area contributed by atoms with Gasteiger partial charge in [0.1, 0.15) is 5.82 Å². The summed E-state index contributed by atoms with van der Waals surface area (Å²) in [6, 6.07) is 4.17. The zero-order chi connectivity index (χ0) is 12.1. The van der Waals surface area contributed by atoms with E-state index in [1.807, 2.05) is 0 Å². The van der Waals surface area contributed by atoms with Crippen molar-refractivity contribution < 1.29 is 9.18 Å². The van der Waals surface area contributed by atoms with Crippen molar-refractivity contribution in [3.8, 4) is 0 Å². The van der Waals surface area contributed by atoms with Crippen LogP contribution in [0.5, 0.6) is 0 Å². The molecule has 88 valence electrons. The minimum atomic E-state index is -0.526. The number of hydrogen-bond donors (Lipinski definition) is 0. The summed E-state index contributed by atoms with van der Waals surface area (Å²) in [5.74, 6) is -0.0975. The van der Waals surface area contributed by atoms with Gasteiger partial charge < -0.3 is 0 Å². The molecule has 0 radical (unpaired) electrons. The van der Waals surface area contributed by atoms with Gasteiger partial charge in [0.05, 0.1) is 5.56 Å². The fraction of sp³-hybridized carbons (Fsp3) is 0.462. The summed E-state index contributed by atoms with van der Waals surface area (Å²) in [7, 11) is 0. The second-order valence-corrected chi connectivity index (χ2v) is 4.77. The standard InChI is InChI=1S/C13H16ClFO/c1-9(2)4-3-5-13(16)11-7-6-10(14)8-12(11)15/h6-9H,3-5H2,1-2H3. The Morgan fingerprint density at radius 2 is 2.12 bits per heavy atom. The highest BCUT2D eigenvalue weighted by atomic mass is 35.5. The maximum atomic E-state index is 13.4. The maximum Gasteiger partial charge on any atom is 0.165 e. The average Bonchev–Trinajstić information content (AvgIpc) is 2.16. The number of halogens is 2. The van der Waals surface area contributed by atoms with Crippen molar-refractivity contribution in [2.24, 2.45) is 5.92 Å². The molecule has 16 heavy (non-hydrogen) atoms. The topological polar surface area (TPSA) is 17.1 Å². The lowest BCUT2D eigenvalue weighted by atomic mass is 10.0. The van der Waals surface area contributed by atoms with Gasteiger partial charge in [0.2, 0.25) is 0 Å². The smallest absolute Gasteiger partial charge is 0.165 e. The summed E-state index contributed by atoms with van der Waals surface area (Å²) in [5, 5.41) is 0.316. The highest BCUT2D eigenvalue weighted by molar-refractivity contribution is 6.30. The van der Waals surface area contributed by atoms with E-state index in [9.17, 15) is 9.18 Å². The third-order valence-corrected chi connectivity index (χ3v) is 2.65. The van der Waals surface area contributed by atoms with E-state index < -0.39 is 5.82 Å². The van der Waals surface area contributed by atoms with Crippen molar-refractivity contribution in [1.82, 2.24) is 0 Å². The van der Waals surface area contributed by atoms with Crippen LogP contribution in [0, 0.1) is 11.7 Å². The molecule has 1 nitrogen and oxygen atoms in total. The van der Waals surface area contributed by atoms with Gasteiger partial charge >= 0.3 is 0 Å². The van der Waals surface area contributed by atoms with Gasteiger partial charge in [-0.2, -0.15) is 0 Å². The lowest BCUT2D eigenvalue weighted by Gasteiger charge is -2.05. The van der Waals surface area contributed by atoms with Crippen molar-refractivity contribution in [2.45, 2.75) is 33.1 Å². The predicted molar refractivity (Wildman–Crippen MR) is 64.4 cm³/mol. The number of carbonyl (C=O) groups excluding carboxylic acids is 1. The largest absolute Gasteiger partial charge is 0.294 e. The first-order chi connectivity index (χ1) is 7.50. The number of benzene rings is 1. The number of Topliss-reactive ketones (excluding diaryl/α,β-unsaturated/α-hetero) is 1. The Bertz CT molecular complexity index is 374. The van der Waals surface area contributed by atoms with Crippen LogP contribution in [0.4, 0.5) is 4.39 Å². The van der Waals surface area contributed by atoms with Crippen LogP contribution in [0.2, 0.25) is 5.02 Å². The van der Waals surface area contributed by atoms with E-state index in [1.165, 1.54) is 12.1 Å². The van der Waals surface area contributed by atoms with Gasteiger partial charge in [-0.3, -0.25) is 4.79 Å². The van der Waals surface area contributed by atoms with Gasteiger partial charge in [-0.25, -0.2) is 4.39 Å². The molecule has 0 saturated carbocycles. The third-order valence-electron chi connectivity index (χ3n) is 2.42. The SMILES string of the molecule is CC(C)CCCC(=O)c1ccc(Cl)cc1F. The molecule has 0 bridgehead atoms. The van der Waals surface area contributed by atoms with Crippen LogP contribution < -0.4 is 0 Å². The first kappa shape index (κ1) is 13.2. The van der Waals surface area contributed by atoms with Crippen molar-refractivity contribution in [3.05, 3.63) is 34.6 Å². The molecule has 0 N–H and O–H groups in total. The van der Waals surface area contributed by atoms with Crippen LogP contribution in [0.15, 0.2) is 18.2 Å².